The number of nitrogens with zero attached hydrogens (tertiary/aromatic N) is 1. The number of hydrogen-bond acceptors (Lipinski definition) is 3. The van der Waals surface area contributed by atoms with E-state index in [2.05, 4.69) is 10.2 Å². The molecule has 6 heteroatoms. The van der Waals surface area contributed by atoms with Crippen LogP contribution in [0.1, 0.15) is 43.4 Å². The van der Waals surface area contributed by atoms with Crippen molar-refractivity contribution in [3.8, 4) is 0 Å². The number of halogens is 2. The fourth-order valence-corrected chi connectivity index (χ4v) is 0.883. The zero-order valence-electron chi connectivity index (χ0n) is 8.67. The number of rotatable bonds is 2. The van der Waals surface area contributed by atoms with Gasteiger partial charge in [-0.1, -0.05) is 0 Å². The molecule has 1 heterocycles. The fourth-order valence-electron chi connectivity index (χ4n) is 0.883. The Balaban J connectivity index is 2.75. The van der Waals surface area contributed by atoms with Crippen LogP contribution in [0.15, 0.2) is 6.07 Å². The van der Waals surface area contributed by atoms with Crippen molar-refractivity contribution in [3.05, 3.63) is 17.5 Å². The molecule has 15 heavy (non-hydrogen) atoms. The number of alkyl halides is 2. The Morgan fingerprint density at radius 1 is 1.53 bits per heavy atom. The highest BCUT2D eigenvalue weighted by atomic mass is 19.3. The average Bonchev–Trinajstić information content (AvgIpc) is 2.47. The first-order chi connectivity index (χ1) is 6.79. The highest BCUT2D eigenvalue weighted by molar-refractivity contribution is 5.87. The molecule has 4 nitrogen and oxygen atoms in total. The van der Waals surface area contributed by atoms with Gasteiger partial charge in [0.05, 0.1) is 0 Å². The summed E-state index contributed by atoms with van der Waals surface area (Å²) in [6, 6.07) is 0.985. The molecule has 0 unspecified atom stereocenters. The first-order valence-electron chi connectivity index (χ1n) is 4.36. The van der Waals surface area contributed by atoms with E-state index in [1.54, 1.807) is 20.8 Å². The first-order valence-corrected chi connectivity index (χ1v) is 4.36. The van der Waals surface area contributed by atoms with Crippen LogP contribution in [-0.2, 0) is 4.74 Å². The lowest BCUT2D eigenvalue weighted by molar-refractivity contribution is 0.00628. The summed E-state index contributed by atoms with van der Waals surface area (Å²) in [5, 5.41) is 5.51. The van der Waals surface area contributed by atoms with Gasteiger partial charge in [-0.25, -0.2) is 13.6 Å². The number of ether oxygens (including phenoxy) is 1. The van der Waals surface area contributed by atoms with Gasteiger partial charge in [0.1, 0.15) is 11.3 Å². The van der Waals surface area contributed by atoms with Crippen molar-refractivity contribution in [2.24, 2.45) is 0 Å². The molecule has 0 fully saturated rings. The summed E-state index contributed by atoms with van der Waals surface area (Å²) in [5.41, 5.74) is -1.20. The maximum Gasteiger partial charge on any atom is 0.359 e. The average molecular weight is 218 g/mol. The van der Waals surface area contributed by atoms with Crippen molar-refractivity contribution >= 4 is 5.97 Å². The number of hydrogen-bond donors (Lipinski definition) is 1. The van der Waals surface area contributed by atoms with Crippen LogP contribution in [0.3, 0.4) is 0 Å². The van der Waals surface area contributed by atoms with Crippen molar-refractivity contribution in [1.82, 2.24) is 10.2 Å². The van der Waals surface area contributed by atoms with Crippen LogP contribution in [0.4, 0.5) is 8.78 Å². The van der Waals surface area contributed by atoms with Crippen LogP contribution in [0.2, 0.25) is 0 Å². The number of carbonyl (C=O) groups is 1. The van der Waals surface area contributed by atoms with Crippen LogP contribution in [0.5, 0.6) is 0 Å². The summed E-state index contributed by atoms with van der Waals surface area (Å²) in [5.74, 6) is -0.717. The maximum atomic E-state index is 12.2. The Bertz CT molecular complexity index is 355. The highest BCUT2D eigenvalue weighted by Gasteiger charge is 2.21. The van der Waals surface area contributed by atoms with Gasteiger partial charge < -0.3 is 4.74 Å². The van der Waals surface area contributed by atoms with E-state index in [1.165, 1.54) is 0 Å². The third kappa shape index (κ3) is 3.30. The molecule has 0 atom stereocenters. The molecule has 1 aromatic rings. The van der Waals surface area contributed by atoms with E-state index < -0.39 is 23.7 Å². The predicted octanol–water partition coefficient (Wildman–Crippen LogP) is 2.30. The predicted molar refractivity (Wildman–Crippen MR) is 48.7 cm³/mol. The van der Waals surface area contributed by atoms with E-state index in [-0.39, 0.29) is 5.69 Å². The second-order valence-electron chi connectivity index (χ2n) is 4.01. The molecule has 0 aliphatic rings. The second-order valence-corrected chi connectivity index (χ2v) is 4.01. The molecule has 1 aromatic heterocycles. The zero-order valence-corrected chi connectivity index (χ0v) is 8.67. The van der Waals surface area contributed by atoms with Crippen LogP contribution in [0, 0.1) is 0 Å². The largest absolute Gasteiger partial charge is 0.455 e. The second kappa shape index (κ2) is 3.96. The molecule has 0 bridgehead atoms. The lowest BCUT2D eigenvalue weighted by Crippen LogP contribution is -2.24. The molecule has 0 amide bonds. The molecular weight excluding hydrogens is 206 g/mol. The smallest absolute Gasteiger partial charge is 0.359 e. The van der Waals surface area contributed by atoms with Gasteiger partial charge in [-0.15, -0.1) is 0 Å². The molecule has 0 saturated carbocycles. The van der Waals surface area contributed by atoms with Gasteiger partial charge in [0.2, 0.25) is 0 Å². The van der Waals surface area contributed by atoms with Gasteiger partial charge >= 0.3 is 5.97 Å². The first kappa shape index (κ1) is 11.6. The van der Waals surface area contributed by atoms with Crippen LogP contribution in [-0.4, -0.2) is 21.8 Å². The summed E-state index contributed by atoms with van der Waals surface area (Å²) >= 11 is 0. The van der Waals surface area contributed by atoms with Crippen molar-refractivity contribution in [3.63, 3.8) is 0 Å². The van der Waals surface area contributed by atoms with E-state index in [0.29, 0.717) is 0 Å². The third-order valence-corrected chi connectivity index (χ3v) is 1.44. The van der Waals surface area contributed by atoms with Crippen LogP contribution >= 0.6 is 0 Å². The zero-order chi connectivity index (χ0) is 11.6. The number of nitrogens with one attached hydrogen (secondary N) is 1. The van der Waals surface area contributed by atoms with Gasteiger partial charge in [0, 0.05) is 0 Å². The normalized spacial score (nSPS) is 11.9. The van der Waals surface area contributed by atoms with E-state index in [9.17, 15) is 13.6 Å². The van der Waals surface area contributed by atoms with Gasteiger partial charge in [0.15, 0.2) is 5.69 Å². The summed E-state index contributed by atoms with van der Waals surface area (Å²) < 4.78 is 29.3. The molecule has 0 aliphatic carbocycles. The van der Waals surface area contributed by atoms with Crippen LogP contribution in [0.25, 0.3) is 0 Å². The van der Waals surface area contributed by atoms with Gasteiger partial charge in [-0.05, 0) is 26.8 Å². The molecule has 1 N–H and O–H groups in total. The SMILES string of the molecule is CC(C)(C)OC(=O)c1cc(C(F)F)[nH]n1. The minimum absolute atomic E-state index is 0.139. The number of H-pyrrole nitrogens is 1. The van der Waals surface area contributed by atoms with Crippen molar-refractivity contribution in [2.45, 2.75) is 32.8 Å². The lowest BCUT2D eigenvalue weighted by atomic mass is 10.2. The number of carbonyl (C=O) groups excluding carboxylic acids is 1. The molecule has 0 saturated heterocycles. The fraction of sp³-hybridized carbons (Fsp3) is 0.556. The van der Waals surface area contributed by atoms with Crippen molar-refractivity contribution < 1.29 is 18.3 Å². The quantitative estimate of drug-likeness (QED) is 0.775. The van der Waals surface area contributed by atoms with E-state index in [0.717, 1.165) is 6.07 Å². The molecule has 1 rings (SSSR count). The van der Waals surface area contributed by atoms with Crippen molar-refractivity contribution in [2.75, 3.05) is 0 Å². The molecule has 84 valence electrons. The maximum absolute atomic E-state index is 12.2. The summed E-state index contributed by atoms with van der Waals surface area (Å²) in [6.07, 6.45) is -2.67. The molecule has 0 spiro atoms. The Hall–Kier alpha value is -1.46. The Kier molecular flexibility index (Phi) is 3.06. The lowest BCUT2D eigenvalue weighted by Gasteiger charge is -2.18. The molecule has 0 aliphatic heterocycles. The highest BCUT2D eigenvalue weighted by Crippen LogP contribution is 2.18. The minimum atomic E-state index is -2.67. The third-order valence-electron chi connectivity index (χ3n) is 1.44. The van der Waals surface area contributed by atoms with Gasteiger partial charge in [-0.2, -0.15) is 5.10 Å². The molecular formula is C9H12F2N2O2. The number of aromatic amines is 1. The van der Waals surface area contributed by atoms with Crippen LogP contribution < -0.4 is 0 Å². The van der Waals surface area contributed by atoms with E-state index in [1.807, 2.05) is 0 Å². The topological polar surface area (TPSA) is 55.0 Å². The standard InChI is InChI=1S/C9H12F2N2O2/c1-9(2,3)15-8(14)6-4-5(7(10)11)12-13-6/h4,7H,1-3H3,(H,12,13). The minimum Gasteiger partial charge on any atom is -0.455 e. The Labute approximate surface area is 85.6 Å². The Morgan fingerprint density at radius 2 is 2.13 bits per heavy atom. The summed E-state index contributed by atoms with van der Waals surface area (Å²) in [7, 11) is 0. The molecule has 0 radical (unpaired) electrons. The Morgan fingerprint density at radius 3 is 2.53 bits per heavy atom. The van der Waals surface area contributed by atoms with Gasteiger partial charge in [0.25, 0.3) is 6.43 Å². The van der Waals surface area contributed by atoms with Crippen molar-refractivity contribution in [1.29, 1.82) is 0 Å². The summed E-state index contributed by atoms with van der Waals surface area (Å²) in [6.45, 7) is 5.06. The number of aromatic nitrogens is 2. The summed E-state index contributed by atoms with van der Waals surface area (Å²) in [4.78, 5) is 11.3. The molecule has 0 aromatic carbocycles. The van der Waals surface area contributed by atoms with E-state index in [4.69, 9.17) is 4.74 Å². The number of esters is 1. The monoisotopic (exact) mass is 218 g/mol. The van der Waals surface area contributed by atoms with E-state index >= 15 is 0 Å². The van der Waals surface area contributed by atoms with Gasteiger partial charge in [-0.3, -0.25) is 5.10 Å².